The van der Waals surface area contributed by atoms with Crippen molar-refractivity contribution in [1.82, 2.24) is 10.3 Å². The minimum atomic E-state index is -0.989. The third kappa shape index (κ3) is 4.08. The first-order chi connectivity index (χ1) is 12.9. The lowest BCUT2D eigenvalue weighted by molar-refractivity contribution is -0.130. The molecule has 1 fully saturated rings. The molecule has 0 bridgehead atoms. The van der Waals surface area contributed by atoms with Crippen molar-refractivity contribution in [3.05, 3.63) is 41.6 Å². The number of rotatable bonds is 4. The molecule has 1 unspecified atom stereocenters. The van der Waals surface area contributed by atoms with Gasteiger partial charge in [-0.3, -0.25) is 9.78 Å². The van der Waals surface area contributed by atoms with Gasteiger partial charge in [-0.25, -0.2) is 4.79 Å². The van der Waals surface area contributed by atoms with E-state index in [0.717, 1.165) is 19.3 Å². The molecule has 1 amide bonds. The van der Waals surface area contributed by atoms with E-state index in [-0.39, 0.29) is 0 Å². The van der Waals surface area contributed by atoms with E-state index < -0.39 is 23.5 Å². The van der Waals surface area contributed by atoms with Crippen LogP contribution in [0.4, 0.5) is 0 Å². The van der Waals surface area contributed by atoms with Crippen molar-refractivity contribution < 1.29 is 14.3 Å². The zero-order chi connectivity index (χ0) is 19.4. The lowest BCUT2D eigenvalue weighted by Gasteiger charge is -2.32. The molecule has 0 saturated heterocycles. The molecule has 1 aliphatic rings. The van der Waals surface area contributed by atoms with Gasteiger partial charge in [0.1, 0.15) is 5.54 Å². The van der Waals surface area contributed by atoms with Crippen LogP contribution in [0.3, 0.4) is 0 Å². The molecule has 140 valence electrons. The van der Waals surface area contributed by atoms with E-state index in [0.29, 0.717) is 35.0 Å². The van der Waals surface area contributed by atoms with Crippen molar-refractivity contribution in [3.63, 3.8) is 0 Å². The molecule has 0 spiro atoms. The molecule has 3 rings (SSSR count). The minimum Gasteiger partial charge on any atom is -0.449 e. The number of hydrogen-bond donors (Lipinski definition) is 1. The maximum absolute atomic E-state index is 12.7. The predicted molar refractivity (Wildman–Crippen MR) is 101 cm³/mol. The monoisotopic (exact) mass is 365 g/mol. The standard InChI is InChI=1S/C21H23N3O3/c1-14-12-17(16-8-4-5-9-18(16)23-14)20(26)27-15(2)19(25)24-21(13-22)10-6-3-7-11-21/h4-5,8-9,12,15H,3,6-7,10-11H2,1-2H3,(H,24,25). The van der Waals surface area contributed by atoms with E-state index in [1.165, 1.54) is 6.92 Å². The van der Waals surface area contributed by atoms with Gasteiger partial charge in [-0.2, -0.15) is 5.26 Å². The molecule has 1 atom stereocenters. The van der Waals surface area contributed by atoms with Gasteiger partial charge in [-0.05, 0) is 38.8 Å². The van der Waals surface area contributed by atoms with E-state index in [1.54, 1.807) is 19.1 Å². The van der Waals surface area contributed by atoms with Crippen LogP contribution in [-0.4, -0.2) is 28.5 Å². The molecule has 1 saturated carbocycles. The van der Waals surface area contributed by atoms with Crippen LogP contribution in [0, 0.1) is 18.3 Å². The van der Waals surface area contributed by atoms with Gasteiger partial charge in [0.05, 0.1) is 17.1 Å². The number of amides is 1. The number of para-hydroxylation sites is 1. The number of nitrogens with zero attached hydrogens (tertiary/aromatic N) is 2. The summed E-state index contributed by atoms with van der Waals surface area (Å²) in [6, 6.07) is 11.2. The first-order valence-electron chi connectivity index (χ1n) is 9.25. The number of benzene rings is 1. The van der Waals surface area contributed by atoms with Gasteiger partial charge in [0.2, 0.25) is 0 Å². The summed E-state index contributed by atoms with van der Waals surface area (Å²) in [5.74, 6) is -1.02. The van der Waals surface area contributed by atoms with Crippen molar-refractivity contribution in [3.8, 4) is 6.07 Å². The van der Waals surface area contributed by atoms with E-state index in [2.05, 4.69) is 16.4 Å². The number of ether oxygens (including phenoxy) is 1. The first-order valence-corrected chi connectivity index (χ1v) is 9.25. The second-order valence-electron chi connectivity index (χ2n) is 7.12. The van der Waals surface area contributed by atoms with Gasteiger partial charge in [0.25, 0.3) is 5.91 Å². The molecule has 2 aromatic rings. The number of fused-ring (bicyclic) bond motifs is 1. The van der Waals surface area contributed by atoms with Gasteiger partial charge in [0, 0.05) is 11.1 Å². The van der Waals surface area contributed by atoms with Crippen LogP contribution in [0.2, 0.25) is 0 Å². The number of nitriles is 1. The predicted octanol–water partition coefficient (Wildman–Crippen LogP) is 3.43. The van der Waals surface area contributed by atoms with Crippen molar-refractivity contribution in [2.45, 2.75) is 57.6 Å². The molecule has 1 heterocycles. The Kier molecular flexibility index (Phi) is 5.41. The minimum absolute atomic E-state index is 0.380. The Bertz CT molecular complexity index is 911. The van der Waals surface area contributed by atoms with E-state index in [9.17, 15) is 14.9 Å². The molecule has 1 aromatic heterocycles. The topological polar surface area (TPSA) is 92.1 Å². The van der Waals surface area contributed by atoms with Gasteiger partial charge in [0.15, 0.2) is 6.10 Å². The smallest absolute Gasteiger partial charge is 0.339 e. The van der Waals surface area contributed by atoms with Crippen LogP contribution >= 0.6 is 0 Å². The number of nitrogens with one attached hydrogen (secondary N) is 1. The van der Waals surface area contributed by atoms with Crippen LogP contribution < -0.4 is 5.32 Å². The normalized spacial score (nSPS) is 16.9. The summed E-state index contributed by atoms with van der Waals surface area (Å²) in [6.07, 6.45) is 3.15. The molecule has 27 heavy (non-hydrogen) atoms. The average Bonchev–Trinajstić information content (AvgIpc) is 2.67. The number of hydrogen-bond acceptors (Lipinski definition) is 5. The van der Waals surface area contributed by atoms with Crippen LogP contribution in [0.15, 0.2) is 30.3 Å². The molecule has 1 aromatic carbocycles. The molecule has 0 radical (unpaired) electrons. The fourth-order valence-electron chi connectivity index (χ4n) is 3.51. The Balaban J connectivity index is 1.74. The highest BCUT2D eigenvalue weighted by atomic mass is 16.5. The van der Waals surface area contributed by atoms with Gasteiger partial charge < -0.3 is 10.1 Å². The van der Waals surface area contributed by atoms with Crippen LogP contribution in [0.25, 0.3) is 10.9 Å². The number of aromatic nitrogens is 1. The zero-order valence-electron chi connectivity index (χ0n) is 15.6. The highest BCUT2D eigenvalue weighted by Gasteiger charge is 2.35. The SMILES string of the molecule is Cc1cc(C(=O)OC(C)C(=O)NC2(C#N)CCCCC2)c2ccccc2n1. The summed E-state index contributed by atoms with van der Waals surface area (Å²) in [5.41, 5.74) is 0.927. The van der Waals surface area contributed by atoms with E-state index >= 15 is 0 Å². The lowest BCUT2D eigenvalue weighted by Crippen LogP contribution is -2.52. The Morgan fingerprint density at radius 3 is 2.67 bits per heavy atom. The fraction of sp³-hybridized carbons (Fsp3) is 0.429. The van der Waals surface area contributed by atoms with Crippen molar-refractivity contribution in [1.29, 1.82) is 5.26 Å². The van der Waals surface area contributed by atoms with Gasteiger partial charge in [-0.1, -0.05) is 37.5 Å². The summed E-state index contributed by atoms with van der Waals surface area (Å²) < 4.78 is 5.40. The third-order valence-corrected chi connectivity index (χ3v) is 5.00. The molecule has 6 heteroatoms. The highest BCUT2D eigenvalue weighted by Crippen LogP contribution is 2.28. The van der Waals surface area contributed by atoms with Crippen molar-refractivity contribution >= 4 is 22.8 Å². The highest BCUT2D eigenvalue weighted by molar-refractivity contribution is 6.04. The summed E-state index contributed by atoms with van der Waals surface area (Å²) in [7, 11) is 0. The summed E-state index contributed by atoms with van der Waals surface area (Å²) in [5, 5.41) is 13.0. The summed E-state index contributed by atoms with van der Waals surface area (Å²) in [6.45, 7) is 3.33. The molecule has 6 nitrogen and oxygen atoms in total. The molecule has 0 aliphatic heterocycles. The number of esters is 1. The van der Waals surface area contributed by atoms with E-state index in [1.807, 2.05) is 18.2 Å². The maximum Gasteiger partial charge on any atom is 0.339 e. The second kappa shape index (κ2) is 7.75. The average molecular weight is 365 g/mol. The maximum atomic E-state index is 12.7. The van der Waals surface area contributed by atoms with Crippen molar-refractivity contribution in [2.75, 3.05) is 0 Å². The fourth-order valence-corrected chi connectivity index (χ4v) is 3.51. The zero-order valence-corrected chi connectivity index (χ0v) is 15.6. The first kappa shape index (κ1) is 18.8. The van der Waals surface area contributed by atoms with Gasteiger partial charge >= 0.3 is 5.97 Å². The molecular weight excluding hydrogens is 342 g/mol. The number of carbonyl (C=O) groups is 2. The summed E-state index contributed by atoms with van der Waals surface area (Å²) >= 11 is 0. The number of pyridine rings is 1. The van der Waals surface area contributed by atoms with Gasteiger partial charge in [-0.15, -0.1) is 0 Å². The van der Waals surface area contributed by atoms with Crippen molar-refractivity contribution in [2.24, 2.45) is 0 Å². The van der Waals surface area contributed by atoms with Crippen LogP contribution in [0.1, 0.15) is 55.1 Å². The van der Waals surface area contributed by atoms with Crippen LogP contribution in [0.5, 0.6) is 0 Å². The quantitative estimate of drug-likeness (QED) is 0.838. The lowest BCUT2D eigenvalue weighted by atomic mass is 9.83. The Labute approximate surface area is 158 Å². The van der Waals surface area contributed by atoms with Crippen LogP contribution in [-0.2, 0) is 9.53 Å². The largest absolute Gasteiger partial charge is 0.449 e. The molecule has 1 N–H and O–H groups in total. The second-order valence-corrected chi connectivity index (χ2v) is 7.12. The Hall–Kier alpha value is -2.94. The summed E-state index contributed by atoms with van der Waals surface area (Å²) in [4.78, 5) is 29.6. The Morgan fingerprint density at radius 1 is 1.26 bits per heavy atom. The number of carbonyl (C=O) groups excluding carboxylic acids is 2. The van der Waals surface area contributed by atoms with E-state index in [4.69, 9.17) is 4.74 Å². The molecule has 1 aliphatic carbocycles. The number of aryl methyl sites for hydroxylation is 1. The Morgan fingerprint density at radius 2 is 1.96 bits per heavy atom. The third-order valence-electron chi connectivity index (χ3n) is 5.00. The molecular formula is C21H23N3O3.